The van der Waals surface area contributed by atoms with E-state index >= 15 is 0 Å². The Kier molecular flexibility index (Phi) is 1.06. The summed E-state index contributed by atoms with van der Waals surface area (Å²) in [6.45, 7) is 0. The molecule has 1 N–H and O–H groups in total. The molecule has 2 bridgehead atoms. The van der Waals surface area contributed by atoms with Crippen LogP contribution in [-0.4, -0.2) is 36.0 Å². The molecular formula is C9H12N2O. The van der Waals surface area contributed by atoms with Gasteiger partial charge in [0, 0.05) is 6.04 Å². The molecule has 0 radical (unpaired) electrons. The van der Waals surface area contributed by atoms with Crippen LogP contribution < -0.4 is 5.32 Å². The number of hydrogen-bond donors (Lipinski definition) is 1. The van der Waals surface area contributed by atoms with Gasteiger partial charge in [0.05, 0.1) is 12.1 Å². The second-order valence-electron chi connectivity index (χ2n) is 3.99. The van der Waals surface area contributed by atoms with E-state index < -0.39 is 0 Å². The summed E-state index contributed by atoms with van der Waals surface area (Å²) < 4.78 is 0. The van der Waals surface area contributed by atoms with Crippen molar-refractivity contribution in [3.8, 4) is 0 Å². The van der Waals surface area contributed by atoms with E-state index in [1.807, 2.05) is 0 Å². The number of amides is 1. The van der Waals surface area contributed by atoms with E-state index in [0.717, 1.165) is 6.42 Å². The molecule has 1 amide bonds. The first-order valence-corrected chi connectivity index (χ1v) is 4.48. The van der Waals surface area contributed by atoms with Gasteiger partial charge in [0.2, 0.25) is 5.91 Å². The maximum absolute atomic E-state index is 11.5. The van der Waals surface area contributed by atoms with Gasteiger partial charge in [-0.25, -0.2) is 0 Å². The lowest BCUT2D eigenvalue weighted by Gasteiger charge is -2.35. The maximum atomic E-state index is 11.5. The molecule has 1 aliphatic carbocycles. The van der Waals surface area contributed by atoms with Crippen LogP contribution in [-0.2, 0) is 4.79 Å². The number of rotatable bonds is 0. The van der Waals surface area contributed by atoms with Crippen LogP contribution in [0.1, 0.15) is 6.42 Å². The third kappa shape index (κ3) is 0.591. The fourth-order valence-electron chi connectivity index (χ4n) is 2.85. The molecule has 0 saturated carbocycles. The number of carbonyl (C=O) groups excluding carboxylic acids is 1. The van der Waals surface area contributed by atoms with Crippen LogP contribution in [0.2, 0.25) is 0 Å². The van der Waals surface area contributed by atoms with Gasteiger partial charge in [0.25, 0.3) is 0 Å². The summed E-state index contributed by atoms with van der Waals surface area (Å²) in [6, 6.07) is 0.972. The number of nitrogens with zero attached hydrogens (tertiary/aromatic N) is 1. The lowest BCUT2D eigenvalue weighted by molar-refractivity contribution is -0.128. The Balaban J connectivity index is 2.06. The average Bonchev–Trinajstić information content (AvgIpc) is 2.48. The summed E-state index contributed by atoms with van der Waals surface area (Å²) in [4.78, 5) is 13.7. The summed E-state index contributed by atoms with van der Waals surface area (Å²) in [5.41, 5.74) is 0. The minimum Gasteiger partial charge on any atom is -0.347 e. The Morgan fingerprint density at radius 3 is 3.25 bits per heavy atom. The molecule has 2 saturated heterocycles. The quantitative estimate of drug-likeness (QED) is 0.500. The minimum atomic E-state index is 0.140. The Hall–Kier alpha value is -0.830. The zero-order chi connectivity index (χ0) is 8.29. The second-order valence-corrected chi connectivity index (χ2v) is 3.99. The van der Waals surface area contributed by atoms with E-state index in [4.69, 9.17) is 0 Å². The summed E-state index contributed by atoms with van der Waals surface area (Å²) in [5, 5.41) is 3.03. The van der Waals surface area contributed by atoms with Crippen molar-refractivity contribution in [2.75, 3.05) is 7.05 Å². The number of piperazine rings is 1. The van der Waals surface area contributed by atoms with Crippen LogP contribution >= 0.6 is 0 Å². The first-order chi connectivity index (χ1) is 5.77. The molecule has 2 heterocycles. The molecule has 3 nitrogen and oxygen atoms in total. The highest BCUT2D eigenvalue weighted by molar-refractivity contribution is 5.84. The Morgan fingerprint density at radius 1 is 1.58 bits per heavy atom. The third-order valence-corrected chi connectivity index (χ3v) is 3.44. The van der Waals surface area contributed by atoms with Crippen LogP contribution in [0.5, 0.6) is 0 Å². The SMILES string of the molecule is CN1C2CC3C=CC(NC2=O)C31. The topological polar surface area (TPSA) is 32.3 Å². The van der Waals surface area contributed by atoms with Gasteiger partial charge < -0.3 is 5.32 Å². The summed E-state index contributed by atoms with van der Waals surface area (Å²) in [7, 11) is 2.06. The number of hydrogen-bond acceptors (Lipinski definition) is 2. The predicted octanol–water partition coefficient (Wildman–Crippen LogP) is -0.257. The van der Waals surface area contributed by atoms with Crippen LogP contribution in [0.25, 0.3) is 0 Å². The van der Waals surface area contributed by atoms with Gasteiger partial charge in [0.15, 0.2) is 0 Å². The molecule has 0 aromatic heterocycles. The van der Waals surface area contributed by atoms with Crippen molar-refractivity contribution in [3.63, 3.8) is 0 Å². The molecule has 0 aromatic carbocycles. The molecular weight excluding hydrogens is 152 g/mol. The summed E-state index contributed by atoms with van der Waals surface area (Å²) in [5.74, 6) is 0.828. The van der Waals surface area contributed by atoms with Gasteiger partial charge in [0.1, 0.15) is 0 Å². The van der Waals surface area contributed by atoms with E-state index in [1.54, 1.807) is 0 Å². The third-order valence-electron chi connectivity index (χ3n) is 3.44. The van der Waals surface area contributed by atoms with Crippen molar-refractivity contribution in [1.82, 2.24) is 10.2 Å². The van der Waals surface area contributed by atoms with E-state index in [0.29, 0.717) is 12.0 Å². The van der Waals surface area contributed by atoms with E-state index in [2.05, 4.69) is 29.4 Å². The van der Waals surface area contributed by atoms with Gasteiger partial charge in [-0.05, 0) is 19.4 Å². The number of likely N-dealkylation sites (N-methyl/N-ethyl adjacent to an activating group) is 1. The van der Waals surface area contributed by atoms with Gasteiger partial charge in [-0.1, -0.05) is 12.2 Å². The fraction of sp³-hybridized carbons (Fsp3) is 0.667. The fourth-order valence-corrected chi connectivity index (χ4v) is 2.85. The molecule has 4 unspecified atom stereocenters. The highest BCUT2D eigenvalue weighted by Crippen LogP contribution is 2.38. The molecule has 64 valence electrons. The van der Waals surface area contributed by atoms with E-state index in [9.17, 15) is 4.79 Å². The van der Waals surface area contributed by atoms with Crippen LogP contribution in [0, 0.1) is 5.92 Å². The first-order valence-electron chi connectivity index (χ1n) is 4.48. The van der Waals surface area contributed by atoms with Crippen molar-refractivity contribution >= 4 is 5.91 Å². The van der Waals surface area contributed by atoms with Crippen molar-refractivity contribution in [1.29, 1.82) is 0 Å². The molecule has 0 aromatic rings. The standard InChI is InChI=1S/C9H12N2O/c1-11-7-4-5-2-3-6(8(5)11)10-9(7)12/h2-3,5-8H,4H2,1H3,(H,10,12). The number of nitrogens with one attached hydrogen (secondary N) is 1. The Morgan fingerprint density at radius 2 is 2.42 bits per heavy atom. The smallest absolute Gasteiger partial charge is 0.237 e. The Bertz CT molecular complexity index is 274. The molecule has 3 rings (SSSR count). The first kappa shape index (κ1) is 6.66. The normalized spacial score (nSPS) is 49.9. The van der Waals surface area contributed by atoms with Gasteiger partial charge in [-0.15, -0.1) is 0 Å². The number of fused-ring (bicyclic) bond motifs is 1. The molecule has 12 heavy (non-hydrogen) atoms. The molecule has 3 heteroatoms. The minimum absolute atomic E-state index is 0.140. The average molecular weight is 164 g/mol. The van der Waals surface area contributed by atoms with E-state index in [1.165, 1.54) is 0 Å². The van der Waals surface area contributed by atoms with Gasteiger partial charge in [-0.3, -0.25) is 9.69 Å². The monoisotopic (exact) mass is 164 g/mol. The second kappa shape index (κ2) is 1.91. The van der Waals surface area contributed by atoms with Gasteiger partial charge >= 0.3 is 0 Å². The van der Waals surface area contributed by atoms with E-state index in [-0.39, 0.29) is 18.0 Å². The zero-order valence-corrected chi connectivity index (χ0v) is 7.03. The summed E-state index contributed by atoms with van der Waals surface area (Å²) in [6.07, 6.45) is 5.41. The van der Waals surface area contributed by atoms with Gasteiger partial charge in [-0.2, -0.15) is 0 Å². The highest BCUT2D eigenvalue weighted by atomic mass is 16.2. The summed E-state index contributed by atoms with van der Waals surface area (Å²) >= 11 is 0. The van der Waals surface area contributed by atoms with Crippen LogP contribution in [0.3, 0.4) is 0 Å². The molecule has 2 fully saturated rings. The van der Waals surface area contributed by atoms with Crippen molar-refractivity contribution in [2.24, 2.45) is 5.92 Å². The predicted molar refractivity (Wildman–Crippen MR) is 44.5 cm³/mol. The maximum Gasteiger partial charge on any atom is 0.237 e. The molecule has 3 aliphatic rings. The highest BCUT2D eigenvalue weighted by Gasteiger charge is 2.51. The van der Waals surface area contributed by atoms with Crippen molar-refractivity contribution in [2.45, 2.75) is 24.5 Å². The number of carbonyl (C=O) groups is 1. The lowest BCUT2D eigenvalue weighted by Crippen LogP contribution is -2.58. The zero-order valence-electron chi connectivity index (χ0n) is 7.03. The largest absolute Gasteiger partial charge is 0.347 e. The molecule has 2 aliphatic heterocycles. The van der Waals surface area contributed by atoms with Crippen LogP contribution in [0.15, 0.2) is 12.2 Å². The molecule has 4 atom stereocenters. The van der Waals surface area contributed by atoms with Crippen molar-refractivity contribution < 1.29 is 4.79 Å². The molecule has 0 spiro atoms. The lowest BCUT2D eigenvalue weighted by atomic mass is 10.0. The van der Waals surface area contributed by atoms with Crippen LogP contribution in [0.4, 0.5) is 0 Å². The Labute approximate surface area is 71.4 Å². The van der Waals surface area contributed by atoms with Crippen molar-refractivity contribution in [3.05, 3.63) is 12.2 Å².